The van der Waals surface area contributed by atoms with Gasteiger partial charge in [-0.05, 0) is 26.3 Å². The highest BCUT2D eigenvalue weighted by atomic mass is 16.2. The highest BCUT2D eigenvalue weighted by Crippen LogP contribution is 2.22. The first-order valence-electron chi connectivity index (χ1n) is 7.03. The molecule has 106 valence electrons. The number of amides is 1. The minimum Gasteiger partial charge on any atom is -0.338 e. The summed E-state index contributed by atoms with van der Waals surface area (Å²) < 4.78 is 1.71. The van der Waals surface area contributed by atoms with E-state index in [-0.39, 0.29) is 5.91 Å². The van der Waals surface area contributed by atoms with Gasteiger partial charge in [0, 0.05) is 32.4 Å². The van der Waals surface area contributed by atoms with Gasteiger partial charge in [0.15, 0.2) is 0 Å². The van der Waals surface area contributed by atoms with E-state index in [1.807, 2.05) is 32.1 Å². The summed E-state index contributed by atoms with van der Waals surface area (Å²) in [6.45, 7) is 5.76. The van der Waals surface area contributed by atoms with E-state index in [9.17, 15) is 4.79 Å². The van der Waals surface area contributed by atoms with Gasteiger partial charge in [-0.3, -0.25) is 9.48 Å². The van der Waals surface area contributed by atoms with Crippen LogP contribution in [0.4, 0.5) is 0 Å². The summed E-state index contributed by atoms with van der Waals surface area (Å²) in [5.74, 6) is 0.665. The van der Waals surface area contributed by atoms with Crippen LogP contribution in [0.5, 0.6) is 0 Å². The number of rotatable bonds is 3. The van der Waals surface area contributed by atoms with Gasteiger partial charge < -0.3 is 10.2 Å². The van der Waals surface area contributed by atoms with Crippen LogP contribution in [0.25, 0.3) is 0 Å². The molecule has 5 heteroatoms. The first kappa shape index (κ1) is 14.1. The van der Waals surface area contributed by atoms with Crippen LogP contribution in [0.15, 0.2) is 6.20 Å². The van der Waals surface area contributed by atoms with Gasteiger partial charge >= 0.3 is 0 Å². The molecular weight excluding hydrogens is 240 g/mol. The average Bonchev–Trinajstić information content (AvgIpc) is 2.76. The summed E-state index contributed by atoms with van der Waals surface area (Å²) in [6, 6.07) is 0.532. The molecule has 0 spiro atoms. The van der Waals surface area contributed by atoms with Crippen molar-refractivity contribution in [3.63, 3.8) is 0 Å². The molecule has 2 rings (SSSR count). The zero-order valence-corrected chi connectivity index (χ0v) is 12.3. The maximum absolute atomic E-state index is 12.5. The van der Waals surface area contributed by atoms with Crippen LogP contribution >= 0.6 is 0 Å². The number of piperidine rings is 1. The van der Waals surface area contributed by atoms with Crippen LogP contribution in [0.2, 0.25) is 0 Å². The molecule has 1 N–H and O–H groups in total. The second-order valence-corrected chi connectivity index (χ2v) is 5.41. The first-order valence-corrected chi connectivity index (χ1v) is 7.03. The zero-order valence-electron chi connectivity index (χ0n) is 12.3. The van der Waals surface area contributed by atoms with Crippen LogP contribution in [-0.4, -0.2) is 46.8 Å². The lowest BCUT2D eigenvalue weighted by Crippen LogP contribution is -2.50. The average molecular weight is 264 g/mol. The number of hydrogen-bond donors (Lipinski definition) is 1. The number of nitrogens with zero attached hydrogens (tertiary/aromatic N) is 3. The second-order valence-electron chi connectivity index (χ2n) is 5.41. The monoisotopic (exact) mass is 264 g/mol. The number of carbonyl (C=O) groups excluding carboxylic acids is 1. The lowest BCUT2D eigenvalue weighted by atomic mass is 9.90. The number of carbonyl (C=O) groups is 1. The molecule has 1 aromatic rings. The van der Waals surface area contributed by atoms with Gasteiger partial charge in [0.2, 0.25) is 0 Å². The van der Waals surface area contributed by atoms with E-state index in [1.165, 1.54) is 0 Å². The molecule has 0 bridgehead atoms. The molecular formula is C14H24N4O. The standard InChI is InChI=1S/C14H24N4O/c1-5-11-8-18(7-6-13(11)15-3)14(19)12-9-17(4)16-10(12)2/h9,11,13,15H,5-8H2,1-4H3. The van der Waals surface area contributed by atoms with Crippen molar-refractivity contribution in [3.8, 4) is 0 Å². The summed E-state index contributed by atoms with van der Waals surface area (Å²) in [5.41, 5.74) is 1.55. The van der Waals surface area contributed by atoms with Gasteiger partial charge in [-0.1, -0.05) is 13.3 Å². The summed E-state index contributed by atoms with van der Waals surface area (Å²) in [5, 5.41) is 7.62. The van der Waals surface area contributed by atoms with E-state index >= 15 is 0 Å². The molecule has 1 amide bonds. The van der Waals surface area contributed by atoms with Gasteiger partial charge in [0.1, 0.15) is 0 Å². The van der Waals surface area contributed by atoms with E-state index in [4.69, 9.17) is 0 Å². The van der Waals surface area contributed by atoms with Gasteiger partial charge in [-0.2, -0.15) is 5.10 Å². The molecule has 2 heterocycles. The summed E-state index contributed by atoms with van der Waals surface area (Å²) in [4.78, 5) is 14.5. The number of likely N-dealkylation sites (tertiary alicyclic amines) is 1. The minimum atomic E-state index is 0.124. The number of aromatic nitrogens is 2. The Balaban J connectivity index is 2.10. The van der Waals surface area contributed by atoms with Crippen molar-refractivity contribution in [3.05, 3.63) is 17.5 Å². The molecule has 0 aromatic carbocycles. The quantitative estimate of drug-likeness (QED) is 0.892. The maximum atomic E-state index is 12.5. The van der Waals surface area contributed by atoms with Crippen LogP contribution in [-0.2, 0) is 7.05 Å². The Morgan fingerprint density at radius 3 is 2.84 bits per heavy atom. The van der Waals surface area contributed by atoms with Crippen LogP contribution in [0.1, 0.15) is 35.8 Å². The van der Waals surface area contributed by atoms with E-state index in [0.717, 1.165) is 37.2 Å². The van der Waals surface area contributed by atoms with Crippen LogP contribution in [0.3, 0.4) is 0 Å². The largest absolute Gasteiger partial charge is 0.338 e. The fraction of sp³-hybridized carbons (Fsp3) is 0.714. The highest BCUT2D eigenvalue weighted by Gasteiger charge is 2.30. The molecule has 1 saturated heterocycles. The van der Waals surface area contributed by atoms with Gasteiger partial charge in [-0.25, -0.2) is 0 Å². The van der Waals surface area contributed by atoms with E-state index in [0.29, 0.717) is 12.0 Å². The summed E-state index contributed by atoms with van der Waals surface area (Å²) >= 11 is 0. The molecule has 2 atom stereocenters. The zero-order chi connectivity index (χ0) is 14.0. The molecule has 0 aliphatic carbocycles. The molecule has 0 saturated carbocycles. The Hall–Kier alpha value is -1.36. The van der Waals surface area contributed by atoms with E-state index < -0.39 is 0 Å². The fourth-order valence-electron chi connectivity index (χ4n) is 2.99. The highest BCUT2D eigenvalue weighted by molar-refractivity contribution is 5.95. The molecule has 2 unspecified atom stereocenters. The van der Waals surface area contributed by atoms with Crippen molar-refractivity contribution >= 4 is 5.91 Å². The number of hydrogen-bond acceptors (Lipinski definition) is 3. The van der Waals surface area contributed by atoms with Crippen molar-refractivity contribution < 1.29 is 4.79 Å². The molecule has 1 aromatic heterocycles. The third kappa shape index (κ3) is 2.81. The third-order valence-corrected chi connectivity index (χ3v) is 4.16. The fourth-order valence-corrected chi connectivity index (χ4v) is 2.99. The predicted octanol–water partition coefficient (Wildman–Crippen LogP) is 1.19. The maximum Gasteiger partial charge on any atom is 0.257 e. The van der Waals surface area contributed by atoms with Gasteiger partial charge in [-0.15, -0.1) is 0 Å². The Labute approximate surface area is 115 Å². The molecule has 5 nitrogen and oxygen atoms in total. The predicted molar refractivity (Wildman–Crippen MR) is 75.1 cm³/mol. The molecule has 1 aliphatic heterocycles. The molecule has 1 fully saturated rings. The molecule has 19 heavy (non-hydrogen) atoms. The summed E-state index contributed by atoms with van der Waals surface area (Å²) in [6.07, 6.45) is 3.95. The normalized spacial score (nSPS) is 23.7. The van der Waals surface area contributed by atoms with Crippen molar-refractivity contribution in [1.82, 2.24) is 20.0 Å². The summed E-state index contributed by atoms with van der Waals surface area (Å²) in [7, 11) is 3.86. The number of aryl methyl sites for hydroxylation is 2. The third-order valence-electron chi connectivity index (χ3n) is 4.16. The van der Waals surface area contributed by atoms with Crippen molar-refractivity contribution in [2.75, 3.05) is 20.1 Å². The minimum absolute atomic E-state index is 0.124. The van der Waals surface area contributed by atoms with E-state index in [1.54, 1.807) is 4.68 Å². The Morgan fingerprint density at radius 1 is 1.58 bits per heavy atom. The lowest BCUT2D eigenvalue weighted by Gasteiger charge is -2.38. The van der Waals surface area contributed by atoms with Crippen molar-refractivity contribution in [2.45, 2.75) is 32.7 Å². The van der Waals surface area contributed by atoms with Gasteiger partial charge in [0.25, 0.3) is 5.91 Å². The molecule has 0 radical (unpaired) electrons. The Kier molecular flexibility index (Phi) is 4.24. The lowest BCUT2D eigenvalue weighted by molar-refractivity contribution is 0.0631. The van der Waals surface area contributed by atoms with Crippen LogP contribution < -0.4 is 5.32 Å². The van der Waals surface area contributed by atoms with Crippen molar-refractivity contribution in [2.24, 2.45) is 13.0 Å². The Bertz CT molecular complexity index is 454. The van der Waals surface area contributed by atoms with Crippen molar-refractivity contribution in [1.29, 1.82) is 0 Å². The number of nitrogens with one attached hydrogen (secondary N) is 1. The smallest absolute Gasteiger partial charge is 0.257 e. The first-order chi connectivity index (χ1) is 9.06. The van der Waals surface area contributed by atoms with Gasteiger partial charge in [0.05, 0.1) is 11.3 Å². The second kappa shape index (κ2) is 5.74. The Morgan fingerprint density at radius 2 is 2.32 bits per heavy atom. The SMILES string of the molecule is CCC1CN(C(=O)c2cn(C)nc2C)CCC1NC. The topological polar surface area (TPSA) is 50.2 Å². The van der Waals surface area contributed by atoms with E-state index in [2.05, 4.69) is 17.3 Å². The van der Waals surface area contributed by atoms with Crippen LogP contribution in [0, 0.1) is 12.8 Å². The molecule has 1 aliphatic rings.